The van der Waals surface area contributed by atoms with Gasteiger partial charge in [-0.1, -0.05) is 17.7 Å². The largest absolute Gasteiger partial charge is 0.294 e. The van der Waals surface area contributed by atoms with Gasteiger partial charge >= 0.3 is 0 Å². The summed E-state index contributed by atoms with van der Waals surface area (Å²) in [7, 11) is 0. The Balaban J connectivity index is 2.32. The van der Waals surface area contributed by atoms with E-state index in [1.807, 2.05) is 26.0 Å². The van der Waals surface area contributed by atoms with E-state index >= 15 is 0 Å². The van der Waals surface area contributed by atoms with Gasteiger partial charge in [0.2, 0.25) is 0 Å². The van der Waals surface area contributed by atoms with E-state index in [0.717, 1.165) is 22.5 Å². The van der Waals surface area contributed by atoms with Crippen molar-refractivity contribution >= 4 is 5.78 Å². The fraction of sp³-hybridized carbons (Fsp3) is 0.333. The Labute approximate surface area is 120 Å². The van der Waals surface area contributed by atoms with Gasteiger partial charge < -0.3 is 0 Å². The van der Waals surface area contributed by atoms with Gasteiger partial charge in [0.05, 0.1) is 0 Å². The number of hydrogen-bond donors (Lipinski definition) is 0. The van der Waals surface area contributed by atoms with Crippen molar-refractivity contribution in [2.24, 2.45) is 0 Å². The quantitative estimate of drug-likeness (QED) is 0.785. The maximum atomic E-state index is 12.5. The summed E-state index contributed by atoms with van der Waals surface area (Å²) in [5, 5.41) is 0. The third kappa shape index (κ3) is 3.13. The molecule has 2 heteroatoms. The van der Waals surface area contributed by atoms with E-state index in [0.29, 0.717) is 6.42 Å². The third-order valence-corrected chi connectivity index (χ3v) is 3.58. The van der Waals surface area contributed by atoms with Crippen molar-refractivity contribution in [1.82, 2.24) is 4.98 Å². The minimum Gasteiger partial charge on any atom is -0.294 e. The average molecular weight is 267 g/mol. The van der Waals surface area contributed by atoms with Crippen LogP contribution in [0.5, 0.6) is 0 Å². The molecule has 0 spiro atoms. The monoisotopic (exact) mass is 267 g/mol. The number of rotatable bonds is 3. The van der Waals surface area contributed by atoms with Crippen molar-refractivity contribution in [3.63, 3.8) is 0 Å². The lowest BCUT2D eigenvalue weighted by Crippen LogP contribution is -2.08. The number of carbonyl (C=O) groups is 1. The van der Waals surface area contributed by atoms with Crippen LogP contribution in [0, 0.1) is 34.6 Å². The smallest absolute Gasteiger partial charge is 0.167 e. The fourth-order valence-corrected chi connectivity index (χ4v) is 2.75. The number of aromatic nitrogens is 1. The van der Waals surface area contributed by atoms with E-state index in [9.17, 15) is 4.79 Å². The van der Waals surface area contributed by atoms with Crippen LogP contribution in [0.1, 0.15) is 44.0 Å². The topological polar surface area (TPSA) is 30.0 Å². The maximum Gasteiger partial charge on any atom is 0.167 e. The number of Topliss-reactive ketones (excluding diaryl/α,β-unsaturated/α-hetero) is 1. The highest BCUT2D eigenvalue weighted by molar-refractivity contribution is 5.98. The normalized spacial score (nSPS) is 10.7. The molecule has 0 aliphatic heterocycles. The first kappa shape index (κ1) is 14.4. The summed E-state index contributed by atoms with van der Waals surface area (Å²) in [5.41, 5.74) is 7.32. The highest BCUT2D eigenvalue weighted by Gasteiger charge is 2.12. The molecule has 0 atom stereocenters. The predicted molar refractivity (Wildman–Crippen MR) is 82.4 cm³/mol. The average Bonchev–Trinajstić information content (AvgIpc) is 2.32. The Morgan fingerprint density at radius 1 is 0.900 bits per heavy atom. The van der Waals surface area contributed by atoms with Gasteiger partial charge in [0.1, 0.15) is 0 Å². The first-order valence-corrected chi connectivity index (χ1v) is 6.92. The zero-order valence-electron chi connectivity index (χ0n) is 12.9. The molecule has 0 unspecified atom stereocenters. The van der Waals surface area contributed by atoms with Gasteiger partial charge in [0.15, 0.2) is 5.78 Å². The first-order chi connectivity index (χ1) is 9.36. The van der Waals surface area contributed by atoms with E-state index in [4.69, 9.17) is 0 Å². The summed E-state index contributed by atoms with van der Waals surface area (Å²) < 4.78 is 0. The van der Waals surface area contributed by atoms with Crippen LogP contribution < -0.4 is 0 Å². The summed E-state index contributed by atoms with van der Waals surface area (Å²) in [6, 6.07) is 8.01. The molecule has 0 amide bonds. The zero-order valence-corrected chi connectivity index (χ0v) is 12.9. The minimum atomic E-state index is 0.161. The number of hydrogen-bond acceptors (Lipinski definition) is 2. The number of nitrogens with zero attached hydrogens (tertiary/aromatic N) is 1. The molecule has 2 nitrogen and oxygen atoms in total. The van der Waals surface area contributed by atoms with Crippen molar-refractivity contribution in [3.8, 4) is 0 Å². The predicted octanol–water partition coefficient (Wildman–Crippen LogP) is 4.05. The molecule has 0 aliphatic rings. The fourth-order valence-electron chi connectivity index (χ4n) is 2.75. The molecule has 0 bridgehead atoms. The number of benzene rings is 1. The maximum absolute atomic E-state index is 12.5. The second kappa shape index (κ2) is 5.58. The molecule has 0 fully saturated rings. The Hall–Kier alpha value is -1.96. The molecule has 2 aromatic rings. The molecule has 0 N–H and O–H groups in total. The number of carbonyl (C=O) groups excluding carboxylic acids is 1. The second-order valence-corrected chi connectivity index (χ2v) is 5.62. The van der Waals surface area contributed by atoms with Gasteiger partial charge in [0, 0.05) is 23.4 Å². The standard InChI is InChI=1S/C18H21NO/c1-11-6-12(2)17(13(3)7-11)10-18(20)16-8-14(4)19-15(5)9-16/h6-9H,10H2,1-5H3. The molecule has 0 radical (unpaired) electrons. The number of pyridine rings is 1. The molecule has 20 heavy (non-hydrogen) atoms. The van der Waals surface area contributed by atoms with Crippen LogP contribution >= 0.6 is 0 Å². The van der Waals surface area contributed by atoms with Gasteiger partial charge in [-0.3, -0.25) is 9.78 Å². The van der Waals surface area contributed by atoms with E-state index in [1.165, 1.54) is 16.7 Å². The highest BCUT2D eigenvalue weighted by atomic mass is 16.1. The van der Waals surface area contributed by atoms with E-state index in [2.05, 4.69) is 37.9 Å². The summed E-state index contributed by atoms with van der Waals surface area (Å²) in [6.45, 7) is 10.1. The second-order valence-electron chi connectivity index (χ2n) is 5.62. The summed E-state index contributed by atoms with van der Waals surface area (Å²) >= 11 is 0. The van der Waals surface area contributed by atoms with Crippen molar-refractivity contribution in [2.75, 3.05) is 0 Å². The van der Waals surface area contributed by atoms with E-state index in [1.54, 1.807) is 0 Å². The van der Waals surface area contributed by atoms with E-state index in [-0.39, 0.29) is 5.78 Å². The molecule has 1 aromatic carbocycles. The molecule has 2 rings (SSSR count). The van der Waals surface area contributed by atoms with Crippen LogP contribution in [-0.2, 0) is 6.42 Å². The SMILES string of the molecule is Cc1cc(C)c(CC(=O)c2cc(C)nc(C)c2)c(C)c1. The van der Waals surface area contributed by atoms with E-state index < -0.39 is 0 Å². The first-order valence-electron chi connectivity index (χ1n) is 6.92. The number of ketones is 1. The summed E-state index contributed by atoms with van der Waals surface area (Å²) in [5.74, 6) is 0.161. The molecule has 1 heterocycles. The lowest BCUT2D eigenvalue weighted by atomic mass is 9.94. The Bertz CT molecular complexity index is 628. The van der Waals surface area contributed by atoms with Gasteiger partial charge in [-0.25, -0.2) is 0 Å². The molecule has 0 saturated carbocycles. The minimum absolute atomic E-state index is 0.161. The molecule has 0 aliphatic carbocycles. The molecular weight excluding hydrogens is 246 g/mol. The van der Waals surface area contributed by atoms with Crippen LogP contribution in [0.3, 0.4) is 0 Å². The van der Waals surface area contributed by atoms with Crippen molar-refractivity contribution in [1.29, 1.82) is 0 Å². The van der Waals surface area contributed by atoms with Crippen LogP contribution in [0.25, 0.3) is 0 Å². The lowest BCUT2D eigenvalue weighted by Gasteiger charge is -2.11. The zero-order chi connectivity index (χ0) is 14.9. The van der Waals surface area contributed by atoms with Gasteiger partial charge in [0.25, 0.3) is 0 Å². The Morgan fingerprint density at radius 2 is 1.40 bits per heavy atom. The highest BCUT2D eigenvalue weighted by Crippen LogP contribution is 2.19. The van der Waals surface area contributed by atoms with Crippen molar-refractivity contribution in [2.45, 2.75) is 41.0 Å². The van der Waals surface area contributed by atoms with Crippen LogP contribution in [0.15, 0.2) is 24.3 Å². The van der Waals surface area contributed by atoms with Gasteiger partial charge in [-0.2, -0.15) is 0 Å². The summed E-state index contributed by atoms with van der Waals surface area (Å²) in [6.07, 6.45) is 0.459. The van der Waals surface area contributed by atoms with Crippen LogP contribution in [0.2, 0.25) is 0 Å². The Morgan fingerprint density at radius 3 is 1.90 bits per heavy atom. The Kier molecular flexibility index (Phi) is 4.03. The van der Waals surface area contributed by atoms with Crippen molar-refractivity contribution < 1.29 is 4.79 Å². The molecular formula is C18H21NO. The van der Waals surface area contributed by atoms with Crippen LogP contribution in [0.4, 0.5) is 0 Å². The molecule has 104 valence electrons. The molecule has 0 saturated heterocycles. The van der Waals surface area contributed by atoms with Crippen LogP contribution in [-0.4, -0.2) is 10.8 Å². The molecule has 1 aromatic heterocycles. The third-order valence-electron chi connectivity index (χ3n) is 3.58. The van der Waals surface area contributed by atoms with Gasteiger partial charge in [-0.05, 0) is 63.4 Å². The van der Waals surface area contributed by atoms with Crippen molar-refractivity contribution in [3.05, 3.63) is 63.5 Å². The lowest BCUT2D eigenvalue weighted by molar-refractivity contribution is 0.0992. The van der Waals surface area contributed by atoms with Gasteiger partial charge in [-0.15, -0.1) is 0 Å². The number of aryl methyl sites for hydroxylation is 5. The summed E-state index contributed by atoms with van der Waals surface area (Å²) in [4.78, 5) is 16.8.